The van der Waals surface area contributed by atoms with Crippen molar-refractivity contribution in [1.29, 1.82) is 0 Å². The first-order valence-corrected chi connectivity index (χ1v) is 7.15. The van der Waals surface area contributed by atoms with Crippen LogP contribution < -0.4 is 0 Å². The normalized spacial score (nSPS) is 9.38. The van der Waals surface area contributed by atoms with Gasteiger partial charge in [0.25, 0.3) is 0 Å². The predicted molar refractivity (Wildman–Crippen MR) is 78.3 cm³/mol. The molecule has 0 N–H and O–H groups in total. The van der Waals surface area contributed by atoms with Crippen LogP contribution in [0.3, 0.4) is 0 Å². The minimum Gasteiger partial charge on any atom is -0.305 e. The van der Waals surface area contributed by atoms with Crippen LogP contribution >= 0.6 is 0 Å². The van der Waals surface area contributed by atoms with E-state index in [9.17, 15) is 0 Å². The molecule has 0 heterocycles. The monoisotopic (exact) mass is 232 g/mol. The molecular formula is C14H36N2. The molecule has 2 heteroatoms. The van der Waals surface area contributed by atoms with Gasteiger partial charge in [0.1, 0.15) is 0 Å². The Bertz CT molecular complexity index is 90.7. The van der Waals surface area contributed by atoms with Gasteiger partial charge in [-0.15, -0.1) is 0 Å². The summed E-state index contributed by atoms with van der Waals surface area (Å²) >= 11 is 0. The number of rotatable bonds is 7. The van der Waals surface area contributed by atoms with Crippen LogP contribution in [0, 0.1) is 0 Å². The van der Waals surface area contributed by atoms with Crippen molar-refractivity contribution >= 4 is 0 Å². The molecule has 0 unspecified atom stereocenters. The largest absolute Gasteiger partial charge is 0.305 e. The number of hydrogen-bond donors (Lipinski definition) is 0. The summed E-state index contributed by atoms with van der Waals surface area (Å²) < 4.78 is 0. The highest BCUT2D eigenvalue weighted by Crippen LogP contribution is 1.90. The Morgan fingerprint density at radius 2 is 1.12 bits per heavy atom. The van der Waals surface area contributed by atoms with E-state index in [1.165, 1.54) is 39.1 Å². The van der Waals surface area contributed by atoms with E-state index in [1.54, 1.807) is 0 Å². The Balaban J connectivity index is -0.000000376. The van der Waals surface area contributed by atoms with E-state index in [0.717, 1.165) is 0 Å². The molecule has 16 heavy (non-hydrogen) atoms. The molecule has 0 aliphatic carbocycles. The van der Waals surface area contributed by atoms with E-state index < -0.39 is 0 Å². The van der Waals surface area contributed by atoms with Gasteiger partial charge in [-0.25, -0.2) is 0 Å². The highest BCUT2D eigenvalue weighted by molar-refractivity contribution is 4.56. The van der Waals surface area contributed by atoms with Crippen molar-refractivity contribution in [2.24, 2.45) is 0 Å². The fourth-order valence-corrected chi connectivity index (χ4v) is 1.35. The molecule has 0 aliphatic heterocycles. The minimum absolute atomic E-state index is 1.18. The minimum atomic E-state index is 1.18. The molecule has 0 saturated carbocycles. The van der Waals surface area contributed by atoms with Gasteiger partial charge in [0.05, 0.1) is 0 Å². The molecule has 0 saturated heterocycles. The standard InChI is InChI=1S/C10H24N2.2C2H6/c1-5-8-11(4)9-10-12(6-2)7-3;2*1-2/h5-10H2,1-4H3;2*1-2H3. The lowest BCUT2D eigenvalue weighted by Gasteiger charge is -2.22. The van der Waals surface area contributed by atoms with Crippen molar-refractivity contribution < 1.29 is 0 Å². The first-order chi connectivity index (χ1) is 7.74. The molecule has 2 nitrogen and oxygen atoms in total. The highest BCUT2D eigenvalue weighted by Gasteiger charge is 2.00. The number of nitrogens with zero attached hydrogens (tertiary/aromatic N) is 2. The number of hydrogen-bond acceptors (Lipinski definition) is 2. The van der Waals surface area contributed by atoms with Crippen molar-refractivity contribution in [2.75, 3.05) is 39.8 Å². The van der Waals surface area contributed by atoms with Gasteiger partial charge < -0.3 is 9.80 Å². The number of likely N-dealkylation sites (N-methyl/N-ethyl adjacent to an activating group) is 2. The van der Waals surface area contributed by atoms with Gasteiger partial charge in [0.2, 0.25) is 0 Å². The Morgan fingerprint density at radius 3 is 1.44 bits per heavy atom. The second-order valence-electron chi connectivity index (χ2n) is 3.33. The molecule has 0 aromatic rings. The molecule has 102 valence electrons. The molecule has 0 atom stereocenters. The summed E-state index contributed by atoms with van der Waals surface area (Å²) in [6.45, 7) is 20.7. The lowest BCUT2D eigenvalue weighted by Crippen LogP contribution is -2.33. The molecule has 0 amide bonds. The fourth-order valence-electron chi connectivity index (χ4n) is 1.35. The van der Waals surface area contributed by atoms with Gasteiger partial charge in [-0.05, 0) is 33.1 Å². The third-order valence-corrected chi connectivity index (χ3v) is 2.30. The maximum atomic E-state index is 2.46. The van der Waals surface area contributed by atoms with Crippen LogP contribution in [0.2, 0.25) is 0 Å². The van der Waals surface area contributed by atoms with Gasteiger partial charge in [0, 0.05) is 13.1 Å². The van der Waals surface area contributed by atoms with E-state index in [4.69, 9.17) is 0 Å². The van der Waals surface area contributed by atoms with Gasteiger partial charge in [0.15, 0.2) is 0 Å². The maximum Gasteiger partial charge on any atom is 0.0109 e. The van der Waals surface area contributed by atoms with Crippen LogP contribution in [-0.4, -0.2) is 49.6 Å². The Kier molecular flexibility index (Phi) is 27.0. The van der Waals surface area contributed by atoms with Crippen molar-refractivity contribution in [1.82, 2.24) is 9.80 Å². The molecular weight excluding hydrogens is 196 g/mol. The van der Waals surface area contributed by atoms with Crippen molar-refractivity contribution in [3.63, 3.8) is 0 Å². The van der Waals surface area contributed by atoms with Gasteiger partial charge in [-0.3, -0.25) is 0 Å². The van der Waals surface area contributed by atoms with Crippen molar-refractivity contribution in [3.8, 4) is 0 Å². The van der Waals surface area contributed by atoms with Gasteiger partial charge in [-0.1, -0.05) is 48.5 Å². The summed E-state index contributed by atoms with van der Waals surface area (Å²) in [5, 5.41) is 0. The lowest BCUT2D eigenvalue weighted by molar-refractivity contribution is 0.241. The molecule has 0 aromatic carbocycles. The van der Waals surface area contributed by atoms with E-state index in [1.807, 2.05) is 27.7 Å². The zero-order valence-electron chi connectivity index (χ0n) is 13.1. The van der Waals surface area contributed by atoms with E-state index in [0.29, 0.717) is 0 Å². The summed E-state index contributed by atoms with van der Waals surface area (Å²) in [5.74, 6) is 0. The summed E-state index contributed by atoms with van der Waals surface area (Å²) in [6.07, 6.45) is 1.26. The SMILES string of the molecule is CC.CC.CCCN(C)CCN(CC)CC. The van der Waals surface area contributed by atoms with E-state index in [-0.39, 0.29) is 0 Å². The van der Waals surface area contributed by atoms with Crippen LogP contribution in [0.15, 0.2) is 0 Å². The highest BCUT2D eigenvalue weighted by atomic mass is 15.2. The average Bonchev–Trinajstić information content (AvgIpc) is 2.36. The van der Waals surface area contributed by atoms with E-state index >= 15 is 0 Å². The second-order valence-corrected chi connectivity index (χ2v) is 3.33. The zero-order valence-corrected chi connectivity index (χ0v) is 13.1. The third kappa shape index (κ3) is 16.4. The smallest absolute Gasteiger partial charge is 0.0109 e. The molecule has 0 fully saturated rings. The summed E-state index contributed by atoms with van der Waals surface area (Å²) in [6, 6.07) is 0. The topological polar surface area (TPSA) is 6.48 Å². The summed E-state index contributed by atoms with van der Waals surface area (Å²) in [7, 11) is 2.20. The molecule has 0 radical (unpaired) electrons. The third-order valence-electron chi connectivity index (χ3n) is 2.30. The zero-order chi connectivity index (χ0) is 13.4. The van der Waals surface area contributed by atoms with Crippen molar-refractivity contribution in [2.45, 2.75) is 54.9 Å². The molecule has 0 rings (SSSR count). The summed E-state index contributed by atoms with van der Waals surface area (Å²) in [4.78, 5) is 4.87. The molecule has 0 spiro atoms. The van der Waals surface area contributed by atoms with Crippen LogP contribution in [0.25, 0.3) is 0 Å². The second kappa shape index (κ2) is 20.3. The lowest BCUT2D eigenvalue weighted by atomic mass is 10.4. The quantitative estimate of drug-likeness (QED) is 0.660. The average molecular weight is 232 g/mol. The van der Waals surface area contributed by atoms with Crippen LogP contribution in [0.1, 0.15) is 54.9 Å². The van der Waals surface area contributed by atoms with Gasteiger partial charge >= 0.3 is 0 Å². The Morgan fingerprint density at radius 1 is 0.688 bits per heavy atom. The maximum absolute atomic E-state index is 2.46. The van der Waals surface area contributed by atoms with E-state index in [2.05, 4.69) is 37.6 Å². The fraction of sp³-hybridized carbons (Fsp3) is 1.00. The van der Waals surface area contributed by atoms with Crippen LogP contribution in [0.4, 0.5) is 0 Å². The Hall–Kier alpha value is -0.0800. The Labute approximate surface area is 105 Å². The first-order valence-electron chi connectivity index (χ1n) is 7.15. The van der Waals surface area contributed by atoms with Crippen molar-refractivity contribution in [3.05, 3.63) is 0 Å². The molecule has 0 bridgehead atoms. The first kappa shape index (κ1) is 21.2. The van der Waals surface area contributed by atoms with Crippen LogP contribution in [0.5, 0.6) is 0 Å². The van der Waals surface area contributed by atoms with Crippen LogP contribution in [-0.2, 0) is 0 Å². The summed E-state index contributed by atoms with van der Waals surface area (Å²) in [5.41, 5.74) is 0. The van der Waals surface area contributed by atoms with Gasteiger partial charge in [-0.2, -0.15) is 0 Å². The molecule has 0 aliphatic rings. The molecule has 0 aromatic heterocycles. The predicted octanol–water partition coefficient (Wildman–Crippen LogP) is 3.72.